The van der Waals surface area contributed by atoms with E-state index in [0.717, 1.165) is 22.1 Å². The first-order valence-electron chi connectivity index (χ1n) is 6.70. The number of hydrogen-bond donors (Lipinski definition) is 2. The van der Waals surface area contributed by atoms with Gasteiger partial charge in [0.1, 0.15) is 18.2 Å². The summed E-state index contributed by atoms with van der Waals surface area (Å²) in [5.41, 5.74) is 6.34. The predicted octanol–water partition coefficient (Wildman–Crippen LogP) is 2.93. The van der Waals surface area contributed by atoms with Crippen molar-refractivity contribution in [1.29, 1.82) is 5.41 Å². The van der Waals surface area contributed by atoms with Gasteiger partial charge in [0.15, 0.2) is 0 Å². The van der Waals surface area contributed by atoms with Gasteiger partial charge in [-0.05, 0) is 31.4 Å². The fourth-order valence-corrected chi connectivity index (χ4v) is 2.07. The second kappa shape index (κ2) is 6.39. The number of rotatable bonds is 6. The molecule has 0 amide bonds. The molecule has 0 radical (unpaired) electrons. The van der Waals surface area contributed by atoms with Crippen molar-refractivity contribution in [2.24, 2.45) is 5.73 Å². The molecule has 0 atom stereocenters. The summed E-state index contributed by atoms with van der Waals surface area (Å²) >= 11 is 0. The molecule has 4 heteroatoms. The lowest BCUT2D eigenvalue weighted by Crippen LogP contribution is -2.13. The van der Waals surface area contributed by atoms with Crippen LogP contribution in [0.3, 0.4) is 0 Å². The van der Waals surface area contributed by atoms with Crippen LogP contribution < -0.4 is 10.5 Å². The molecule has 0 saturated carbocycles. The molecule has 2 aromatic rings. The van der Waals surface area contributed by atoms with Gasteiger partial charge in [-0.2, -0.15) is 0 Å². The highest BCUT2D eigenvalue weighted by molar-refractivity contribution is 6.09. The van der Waals surface area contributed by atoms with Gasteiger partial charge in [-0.15, -0.1) is 0 Å². The van der Waals surface area contributed by atoms with Crippen LogP contribution in [-0.4, -0.2) is 25.2 Å². The number of nitrogens with one attached hydrogen (secondary N) is 1. The lowest BCUT2D eigenvalue weighted by Gasteiger charge is -2.13. The van der Waals surface area contributed by atoms with Crippen LogP contribution in [0.4, 0.5) is 0 Å². The SMILES string of the molecule is CC(C)OCCOc1ccc(C(=N)N)c2ccccc12. The van der Waals surface area contributed by atoms with Gasteiger partial charge in [0.2, 0.25) is 0 Å². The van der Waals surface area contributed by atoms with Gasteiger partial charge >= 0.3 is 0 Å². The largest absolute Gasteiger partial charge is 0.491 e. The van der Waals surface area contributed by atoms with Gasteiger partial charge < -0.3 is 15.2 Å². The second-order valence-corrected chi connectivity index (χ2v) is 4.84. The van der Waals surface area contributed by atoms with Crippen molar-refractivity contribution >= 4 is 16.6 Å². The van der Waals surface area contributed by atoms with Crippen LogP contribution in [0.15, 0.2) is 36.4 Å². The van der Waals surface area contributed by atoms with Crippen LogP contribution >= 0.6 is 0 Å². The zero-order valence-corrected chi connectivity index (χ0v) is 11.8. The molecule has 20 heavy (non-hydrogen) atoms. The Hall–Kier alpha value is -2.07. The van der Waals surface area contributed by atoms with Crippen LogP contribution in [0.25, 0.3) is 10.8 Å². The fraction of sp³-hybridized carbons (Fsp3) is 0.312. The Balaban J connectivity index is 2.22. The molecule has 0 aromatic heterocycles. The Morgan fingerprint density at radius 1 is 1.10 bits per heavy atom. The van der Waals surface area contributed by atoms with Gasteiger partial charge in [-0.3, -0.25) is 5.41 Å². The minimum absolute atomic E-state index is 0.0656. The Labute approximate surface area is 119 Å². The Bertz CT molecular complexity index is 608. The highest BCUT2D eigenvalue weighted by Gasteiger charge is 2.08. The third-order valence-corrected chi connectivity index (χ3v) is 2.97. The molecule has 0 unspecified atom stereocenters. The summed E-state index contributed by atoms with van der Waals surface area (Å²) < 4.78 is 11.2. The van der Waals surface area contributed by atoms with Crippen molar-refractivity contribution in [1.82, 2.24) is 0 Å². The van der Waals surface area contributed by atoms with Crippen LogP contribution in [0.2, 0.25) is 0 Å². The molecule has 0 aliphatic heterocycles. The van der Waals surface area contributed by atoms with E-state index >= 15 is 0 Å². The lowest BCUT2D eigenvalue weighted by atomic mass is 10.0. The zero-order valence-electron chi connectivity index (χ0n) is 11.8. The average Bonchev–Trinajstić information content (AvgIpc) is 2.43. The minimum atomic E-state index is 0.0656. The summed E-state index contributed by atoms with van der Waals surface area (Å²) in [5, 5.41) is 9.52. The number of benzene rings is 2. The second-order valence-electron chi connectivity index (χ2n) is 4.84. The topological polar surface area (TPSA) is 68.3 Å². The molecule has 0 heterocycles. The van der Waals surface area contributed by atoms with Crippen molar-refractivity contribution in [3.05, 3.63) is 42.0 Å². The normalized spacial score (nSPS) is 10.9. The van der Waals surface area contributed by atoms with E-state index in [9.17, 15) is 0 Å². The monoisotopic (exact) mass is 272 g/mol. The predicted molar refractivity (Wildman–Crippen MR) is 81.5 cm³/mol. The van der Waals surface area contributed by atoms with Gasteiger partial charge in [0.05, 0.1) is 12.7 Å². The Morgan fingerprint density at radius 3 is 2.45 bits per heavy atom. The standard InChI is InChI=1S/C16H20N2O2/c1-11(2)19-9-10-20-15-8-7-14(16(17)18)12-5-3-4-6-13(12)15/h3-8,11H,9-10H2,1-2H3,(H3,17,18). The van der Waals surface area contributed by atoms with Gasteiger partial charge in [-0.25, -0.2) is 0 Å². The van der Waals surface area contributed by atoms with Gasteiger partial charge in [-0.1, -0.05) is 24.3 Å². The molecule has 0 bridgehead atoms. The summed E-state index contributed by atoms with van der Waals surface area (Å²) in [6.45, 7) is 5.05. The first-order chi connectivity index (χ1) is 9.59. The van der Waals surface area contributed by atoms with E-state index in [2.05, 4.69) is 0 Å². The maximum Gasteiger partial charge on any atom is 0.127 e. The summed E-state index contributed by atoms with van der Waals surface area (Å²) in [7, 11) is 0. The maximum atomic E-state index is 7.62. The zero-order chi connectivity index (χ0) is 14.5. The smallest absolute Gasteiger partial charge is 0.127 e. The summed E-state index contributed by atoms with van der Waals surface area (Å²) in [5.74, 6) is 0.855. The van der Waals surface area contributed by atoms with Crippen LogP contribution in [0.1, 0.15) is 19.4 Å². The third kappa shape index (κ3) is 3.27. The minimum Gasteiger partial charge on any atom is -0.491 e. The molecule has 3 N–H and O–H groups in total. The molecule has 2 rings (SSSR count). The lowest BCUT2D eigenvalue weighted by molar-refractivity contribution is 0.0556. The molecule has 0 aliphatic carbocycles. The number of nitrogens with two attached hydrogens (primary N) is 1. The molecule has 0 fully saturated rings. The van der Waals surface area contributed by atoms with Crippen molar-refractivity contribution in [2.75, 3.05) is 13.2 Å². The number of nitrogen functional groups attached to an aromatic ring is 1. The molecular formula is C16H20N2O2. The number of hydrogen-bond acceptors (Lipinski definition) is 3. The van der Waals surface area contributed by atoms with E-state index in [-0.39, 0.29) is 11.9 Å². The molecule has 0 spiro atoms. The first kappa shape index (κ1) is 14.3. The van der Waals surface area contributed by atoms with Crippen LogP contribution in [0.5, 0.6) is 5.75 Å². The number of amidine groups is 1. The number of fused-ring (bicyclic) bond motifs is 1. The summed E-state index contributed by atoms with van der Waals surface area (Å²) in [6.07, 6.45) is 0.204. The van der Waals surface area contributed by atoms with Crippen molar-refractivity contribution in [3.8, 4) is 5.75 Å². The van der Waals surface area contributed by atoms with Gasteiger partial charge in [0, 0.05) is 10.9 Å². The summed E-state index contributed by atoms with van der Waals surface area (Å²) in [4.78, 5) is 0. The Kier molecular flexibility index (Phi) is 4.58. The first-order valence-corrected chi connectivity index (χ1v) is 6.70. The molecule has 0 saturated heterocycles. The van der Waals surface area contributed by atoms with Crippen LogP contribution in [-0.2, 0) is 4.74 Å². The highest BCUT2D eigenvalue weighted by Crippen LogP contribution is 2.28. The van der Waals surface area contributed by atoms with E-state index in [4.69, 9.17) is 20.6 Å². The molecule has 106 valence electrons. The van der Waals surface area contributed by atoms with E-state index < -0.39 is 0 Å². The van der Waals surface area contributed by atoms with E-state index in [1.165, 1.54) is 0 Å². The van der Waals surface area contributed by atoms with E-state index in [0.29, 0.717) is 13.2 Å². The van der Waals surface area contributed by atoms with Crippen molar-refractivity contribution < 1.29 is 9.47 Å². The Morgan fingerprint density at radius 2 is 1.80 bits per heavy atom. The summed E-state index contributed by atoms with van der Waals surface area (Å²) in [6, 6.07) is 11.5. The third-order valence-electron chi connectivity index (χ3n) is 2.97. The average molecular weight is 272 g/mol. The highest BCUT2D eigenvalue weighted by atomic mass is 16.5. The molecule has 2 aromatic carbocycles. The van der Waals surface area contributed by atoms with Crippen LogP contribution in [0, 0.1) is 5.41 Å². The van der Waals surface area contributed by atoms with Crippen molar-refractivity contribution in [2.45, 2.75) is 20.0 Å². The van der Waals surface area contributed by atoms with Gasteiger partial charge in [0.25, 0.3) is 0 Å². The van der Waals surface area contributed by atoms with E-state index in [1.807, 2.05) is 50.2 Å². The van der Waals surface area contributed by atoms with Crippen molar-refractivity contribution in [3.63, 3.8) is 0 Å². The number of ether oxygens (including phenoxy) is 2. The quantitative estimate of drug-likeness (QED) is 0.482. The maximum absolute atomic E-state index is 7.62. The molecule has 4 nitrogen and oxygen atoms in total. The molecular weight excluding hydrogens is 252 g/mol. The molecule has 0 aliphatic rings. The van der Waals surface area contributed by atoms with E-state index in [1.54, 1.807) is 0 Å². The fourth-order valence-electron chi connectivity index (χ4n) is 2.07.